The molecule has 1 amide bonds. The molecule has 4 nitrogen and oxygen atoms in total. The van der Waals surface area contributed by atoms with E-state index in [0.29, 0.717) is 22.2 Å². The van der Waals surface area contributed by atoms with E-state index in [1.54, 1.807) is 7.11 Å². The predicted molar refractivity (Wildman–Crippen MR) is 143 cm³/mol. The standard InChI is InChI=1S/C30H28FNO3S/c1-18-6-4-5-7-24(18)19(2)35-30(33)32-26-17-28(31)36-29(26)23-14-15-25(27(16-23)34-3)22-12-10-21(11-13-22)20-8-9-20/h4-7,10-17,19-20H,8-9H2,1-3H3,(H,32,33)/t19-/m1/s1. The Morgan fingerprint density at radius 3 is 2.44 bits per heavy atom. The molecule has 1 N–H and O–H groups in total. The van der Waals surface area contributed by atoms with Crippen molar-refractivity contribution in [2.45, 2.75) is 38.7 Å². The van der Waals surface area contributed by atoms with Crippen LogP contribution in [0.1, 0.15) is 48.5 Å². The van der Waals surface area contributed by atoms with Crippen LogP contribution >= 0.6 is 11.3 Å². The molecule has 1 aromatic heterocycles. The third-order valence-electron chi connectivity index (χ3n) is 6.58. The number of benzene rings is 3. The first kappa shape index (κ1) is 24.1. The highest BCUT2D eigenvalue weighted by atomic mass is 32.1. The number of hydrogen-bond acceptors (Lipinski definition) is 4. The number of halogens is 1. The molecule has 184 valence electrons. The van der Waals surface area contributed by atoms with Gasteiger partial charge in [-0.1, -0.05) is 60.7 Å². The van der Waals surface area contributed by atoms with Crippen molar-refractivity contribution in [3.05, 3.63) is 94.6 Å². The predicted octanol–water partition coefficient (Wildman–Crippen LogP) is 8.73. The van der Waals surface area contributed by atoms with E-state index < -0.39 is 17.3 Å². The van der Waals surface area contributed by atoms with E-state index in [4.69, 9.17) is 9.47 Å². The van der Waals surface area contributed by atoms with Crippen LogP contribution in [0.5, 0.6) is 5.75 Å². The second-order valence-electron chi connectivity index (χ2n) is 9.13. The van der Waals surface area contributed by atoms with E-state index in [-0.39, 0.29) is 0 Å². The number of ether oxygens (including phenoxy) is 2. The molecule has 1 atom stereocenters. The number of aryl methyl sites for hydroxylation is 1. The van der Waals surface area contributed by atoms with Crippen LogP contribution < -0.4 is 10.1 Å². The zero-order chi connectivity index (χ0) is 25.2. The van der Waals surface area contributed by atoms with Crippen LogP contribution in [-0.4, -0.2) is 13.2 Å². The number of amides is 1. The topological polar surface area (TPSA) is 47.6 Å². The Bertz CT molecular complexity index is 1390. The molecule has 5 rings (SSSR count). The van der Waals surface area contributed by atoms with Crippen LogP contribution in [-0.2, 0) is 4.74 Å². The average molecular weight is 502 g/mol. The summed E-state index contributed by atoms with van der Waals surface area (Å²) in [4.78, 5) is 13.3. The molecule has 1 saturated carbocycles. The Morgan fingerprint density at radius 2 is 1.75 bits per heavy atom. The summed E-state index contributed by atoms with van der Waals surface area (Å²) < 4.78 is 25.6. The third kappa shape index (κ3) is 5.14. The largest absolute Gasteiger partial charge is 0.496 e. The van der Waals surface area contributed by atoms with E-state index in [0.717, 1.165) is 39.2 Å². The number of thiophene rings is 1. The molecule has 0 saturated heterocycles. The minimum absolute atomic E-state index is 0.364. The molecular weight excluding hydrogens is 473 g/mol. The summed E-state index contributed by atoms with van der Waals surface area (Å²) in [5.41, 5.74) is 6.48. The summed E-state index contributed by atoms with van der Waals surface area (Å²) in [5.74, 6) is 1.39. The molecule has 1 aliphatic rings. The number of hydrogen-bond donors (Lipinski definition) is 1. The minimum atomic E-state index is -0.635. The van der Waals surface area contributed by atoms with E-state index >= 15 is 0 Å². The van der Waals surface area contributed by atoms with E-state index in [2.05, 4.69) is 29.6 Å². The van der Waals surface area contributed by atoms with Gasteiger partial charge in [0.15, 0.2) is 5.13 Å². The van der Waals surface area contributed by atoms with Crippen molar-refractivity contribution in [3.63, 3.8) is 0 Å². The van der Waals surface area contributed by atoms with Crippen molar-refractivity contribution in [3.8, 4) is 27.3 Å². The second-order valence-corrected chi connectivity index (χ2v) is 10.1. The molecule has 1 aliphatic carbocycles. The van der Waals surface area contributed by atoms with Crippen LogP contribution in [0.2, 0.25) is 0 Å². The minimum Gasteiger partial charge on any atom is -0.496 e. The van der Waals surface area contributed by atoms with Crippen LogP contribution in [0.4, 0.5) is 14.9 Å². The van der Waals surface area contributed by atoms with Gasteiger partial charge < -0.3 is 9.47 Å². The fourth-order valence-electron chi connectivity index (χ4n) is 4.50. The van der Waals surface area contributed by atoms with Gasteiger partial charge in [0.2, 0.25) is 0 Å². The van der Waals surface area contributed by atoms with Gasteiger partial charge in [0.25, 0.3) is 0 Å². The van der Waals surface area contributed by atoms with Crippen molar-refractivity contribution in [1.82, 2.24) is 0 Å². The van der Waals surface area contributed by atoms with E-state index in [1.165, 1.54) is 24.5 Å². The van der Waals surface area contributed by atoms with Crippen molar-refractivity contribution in [2.75, 3.05) is 12.4 Å². The first-order valence-corrected chi connectivity index (χ1v) is 12.9. The van der Waals surface area contributed by atoms with Crippen LogP contribution in [0.25, 0.3) is 21.6 Å². The van der Waals surface area contributed by atoms with Crippen molar-refractivity contribution >= 4 is 23.1 Å². The quantitative estimate of drug-likeness (QED) is 0.275. The Hall–Kier alpha value is -3.64. The zero-order valence-electron chi connectivity index (χ0n) is 20.5. The molecule has 6 heteroatoms. The molecule has 0 aliphatic heterocycles. The number of rotatable bonds is 7. The first-order valence-electron chi connectivity index (χ1n) is 12.0. The lowest BCUT2D eigenvalue weighted by Gasteiger charge is -2.16. The lowest BCUT2D eigenvalue weighted by atomic mass is 9.99. The summed E-state index contributed by atoms with van der Waals surface area (Å²) in [5, 5.41) is 2.33. The summed E-state index contributed by atoms with van der Waals surface area (Å²) >= 11 is 0.968. The molecule has 0 spiro atoms. The number of carbonyl (C=O) groups excluding carboxylic acids is 1. The molecule has 0 radical (unpaired) electrons. The van der Waals surface area contributed by atoms with Gasteiger partial charge in [-0.05, 0) is 66.5 Å². The highest BCUT2D eigenvalue weighted by molar-refractivity contribution is 7.14. The molecule has 0 unspecified atom stereocenters. The van der Waals surface area contributed by atoms with Gasteiger partial charge in [-0.3, -0.25) is 5.32 Å². The molecule has 0 bridgehead atoms. The smallest absolute Gasteiger partial charge is 0.412 e. The highest BCUT2D eigenvalue weighted by Crippen LogP contribution is 2.43. The summed E-state index contributed by atoms with van der Waals surface area (Å²) in [7, 11) is 1.62. The SMILES string of the molecule is COc1cc(-c2sc(F)cc2NC(=O)O[C@H](C)c2ccccc2C)ccc1-c1ccc(C2CC2)cc1. The van der Waals surface area contributed by atoms with Crippen molar-refractivity contribution in [1.29, 1.82) is 0 Å². The molecule has 1 heterocycles. The van der Waals surface area contributed by atoms with Gasteiger partial charge in [-0.2, -0.15) is 4.39 Å². The number of carbonyl (C=O) groups is 1. The fourth-order valence-corrected chi connectivity index (χ4v) is 5.33. The van der Waals surface area contributed by atoms with Crippen molar-refractivity contribution < 1.29 is 18.7 Å². The first-order chi connectivity index (χ1) is 17.4. The fraction of sp³-hybridized carbons (Fsp3) is 0.233. The number of nitrogens with one attached hydrogen (secondary N) is 1. The highest BCUT2D eigenvalue weighted by Gasteiger charge is 2.23. The molecule has 36 heavy (non-hydrogen) atoms. The van der Waals surface area contributed by atoms with Gasteiger partial charge in [-0.25, -0.2) is 4.79 Å². The Morgan fingerprint density at radius 1 is 1.03 bits per heavy atom. The summed E-state index contributed by atoms with van der Waals surface area (Å²) in [6, 6.07) is 23.4. The van der Waals surface area contributed by atoms with E-state index in [9.17, 15) is 9.18 Å². The van der Waals surface area contributed by atoms with E-state index in [1.807, 2.05) is 56.3 Å². The van der Waals surface area contributed by atoms with Crippen LogP contribution in [0.15, 0.2) is 72.8 Å². The third-order valence-corrected chi connectivity index (χ3v) is 7.56. The Balaban J connectivity index is 1.36. The van der Waals surface area contributed by atoms with Crippen molar-refractivity contribution in [2.24, 2.45) is 0 Å². The summed E-state index contributed by atoms with van der Waals surface area (Å²) in [6.07, 6.45) is 1.46. The van der Waals surface area contributed by atoms with Gasteiger partial charge >= 0.3 is 6.09 Å². The molecule has 4 aromatic rings. The normalized spacial score (nSPS) is 13.8. The monoisotopic (exact) mass is 501 g/mol. The molecule has 1 fully saturated rings. The average Bonchev–Trinajstić information content (AvgIpc) is 3.66. The molecule has 3 aromatic carbocycles. The van der Waals surface area contributed by atoms with Gasteiger partial charge in [0, 0.05) is 11.6 Å². The lowest BCUT2D eigenvalue weighted by molar-refractivity contribution is 0.121. The maximum atomic E-state index is 14.3. The number of methoxy groups -OCH3 is 1. The maximum Gasteiger partial charge on any atom is 0.412 e. The lowest BCUT2D eigenvalue weighted by Crippen LogP contribution is -2.16. The van der Waals surface area contributed by atoms with Gasteiger partial charge in [0.05, 0.1) is 17.7 Å². The Kier molecular flexibility index (Phi) is 6.79. The molecular formula is C30H28FNO3S. The summed E-state index contributed by atoms with van der Waals surface area (Å²) in [6.45, 7) is 3.79. The Labute approximate surface area is 214 Å². The second kappa shape index (κ2) is 10.2. The van der Waals surface area contributed by atoms with Gasteiger partial charge in [-0.15, -0.1) is 11.3 Å². The zero-order valence-corrected chi connectivity index (χ0v) is 21.3. The maximum absolute atomic E-state index is 14.3. The van der Waals surface area contributed by atoms with Gasteiger partial charge in [0.1, 0.15) is 11.9 Å². The van der Waals surface area contributed by atoms with Crippen LogP contribution in [0, 0.1) is 12.1 Å². The van der Waals surface area contributed by atoms with Crippen LogP contribution in [0.3, 0.4) is 0 Å². The number of anilines is 1.